The number of aliphatic hydroxyl groups is 1. The van der Waals surface area contributed by atoms with E-state index in [4.69, 9.17) is 9.52 Å². The molecule has 22 heavy (non-hydrogen) atoms. The molecule has 0 spiro atoms. The van der Waals surface area contributed by atoms with Crippen molar-refractivity contribution in [2.75, 3.05) is 20.2 Å². The number of carbonyl (C=O) groups is 1. The van der Waals surface area contributed by atoms with Crippen molar-refractivity contribution in [2.24, 2.45) is 0 Å². The van der Waals surface area contributed by atoms with Gasteiger partial charge in [0.15, 0.2) is 0 Å². The normalized spacial score (nSPS) is 10.9. The van der Waals surface area contributed by atoms with E-state index < -0.39 is 5.63 Å². The van der Waals surface area contributed by atoms with E-state index in [2.05, 4.69) is 0 Å². The Hall–Kier alpha value is -2.34. The van der Waals surface area contributed by atoms with Crippen LogP contribution in [0.25, 0.3) is 11.0 Å². The van der Waals surface area contributed by atoms with Crippen molar-refractivity contribution in [1.29, 1.82) is 0 Å². The molecule has 1 aromatic carbocycles. The lowest BCUT2D eigenvalue weighted by molar-refractivity contribution is -0.129. The SMILES string of the molecule is Cc1cc(O)c2c(C)c(CC(=O)N(C)CCO)c(=O)oc2c1. The highest BCUT2D eigenvalue weighted by Crippen LogP contribution is 2.29. The molecule has 0 radical (unpaired) electrons. The van der Waals surface area contributed by atoms with Gasteiger partial charge in [0.05, 0.1) is 24.0 Å². The van der Waals surface area contributed by atoms with Gasteiger partial charge in [0.1, 0.15) is 11.3 Å². The molecule has 0 aliphatic rings. The van der Waals surface area contributed by atoms with Gasteiger partial charge in [-0.25, -0.2) is 4.79 Å². The summed E-state index contributed by atoms with van der Waals surface area (Å²) in [5.41, 5.74) is 1.26. The first-order valence-electron chi connectivity index (χ1n) is 6.96. The molecule has 0 saturated carbocycles. The molecule has 2 rings (SSSR count). The second-order valence-electron chi connectivity index (χ2n) is 5.37. The molecule has 2 aromatic rings. The minimum absolute atomic E-state index is 0.0219. The maximum absolute atomic E-state index is 12.1. The van der Waals surface area contributed by atoms with Crippen molar-refractivity contribution in [3.8, 4) is 5.75 Å². The van der Waals surface area contributed by atoms with Gasteiger partial charge in [-0.05, 0) is 37.1 Å². The van der Waals surface area contributed by atoms with E-state index in [0.29, 0.717) is 16.5 Å². The largest absolute Gasteiger partial charge is 0.507 e. The summed E-state index contributed by atoms with van der Waals surface area (Å²) in [7, 11) is 1.55. The number of phenolic OH excluding ortho intramolecular Hbond substituents is 1. The van der Waals surface area contributed by atoms with E-state index in [1.807, 2.05) is 0 Å². The maximum atomic E-state index is 12.1. The highest BCUT2D eigenvalue weighted by molar-refractivity contribution is 5.89. The van der Waals surface area contributed by atoms with Gasteiger partial charge < -0.3 is 19.5 Å². The van der Waals surface area contributed by atoms with E-state index in [0.717, 1.165) is 5.56 Å². The molecule has 6 nitrogen and oxygen atoms in total. The predicted octanol–water partition coefficient (Wildman–Crippen LogP) is 1.11. The number of hydrogen-bond donors (Lipinski definition) is 2. The zero-order chi connectivity index (χ0) is 16.4. The van der Waals surface area contributed by atoms with Gasteiger partial charge in [-0.1, -0.05) is 0 Å². The monoisotopic (exact) mass is 305 g/mol. The average Bonchev–Trinajstić information content (AvgIpc) is 2.42. The standard InChI is InChI=1S/C16H19NO5/c1-9-6-12(19)15-10(2)11(16(21)22-13(15)7-9)8-14(20)17(3)4-5-18/h6-7,18-19H,4-5,8H2,1-3H3. The second kappa shape index (κ2) is 6.19. The van der Waals surface area contributed by atoms with E-state index >= 15 is 0 Å². The van der Waals surface area contributed by atoms with Gasteiger partial charge in [-0.2, -0.15) is 0 Å². The number of hydrogen-bond acceptors (Lipinski definition) is 5. The van der Waals surface area contributed by atoms with Gasteiger partial charge >= 0.3 is 5.63 Å². The molecule has 0 aliphatic heterocycles. The number of carbonyl (C=O) groups excluding carboxylic acids is 1. The average molecular weight is 305 g/mol. The maximum Gasteiger partial charge on any atom is 0.340 e. The number of fused-ring (bicyclic) bond motifs is 1. The first kappa shape index (κ1) is 16.0. The molecule has 0 fully saturated rings. The molecule has 0 atom stereocenters. The Morgan fingerprint density at radius 2 is 2.00 bits per heavy atom. The van der Waals surface area contributed by atoms with Crippen LogP contribution in [-0.4, -0.2) is 41.2 Å². The fraction of sp³-hybridized carbons (Fsp3) is 0.375. The van der Waals surface area contributed by atoms with Crippen LogP contribution < -0.4 is 5.63 Å². The van der Waals surface area contributed by atoms with E-state index in [9.17, 15) is 14.7 Å². The number of aromatic hydroxyl groups is 1. The van der Waals surface area contributed by atoms with Crippen LogP contribution in [0.5, 0.6) is 5.75 Å². The number of aryl methyl sites for hydroxylation is 2. The third kappa shape index (κ3) is 2.96. The Balaban J connectivity index is 2.52. The minimum atomic E-state index is -0.583. The Morgan fingerprint density at radius 3 is 2.64 bits per heavy atom. The van der Waals surface area contributed by atoms with Gasteiger partial charge in [-0.3, -0.25) is 4.79 Å². The molecule has 0 aliphatic carbocycles. The van der Waals surface area contributed by atoms with Crippen LogP contribution in [0.1, 0.15) is 16.7 Å². The number of amides is 1. The number of likely N-dealkylation sites (N-methyl/N-ethyl adjacent to an activating group) is 1. The third-order valence-corrected chi connectivity index (χ3v) is 3.69. The number of nitrogens with zero attached hydrogens (tertiary/aromatic N) is 1. The highest BCUT2D eigenvalue weighted by atomic mass is 16.4. The van der Waals surface area contributed by atoms with Crippen molar-refractivity contribution >= 4 is 16.9 Å². The quantitative estimate of drug-likeness (QED) is 0.826. The fourth-order valence-corrected chi connectivity index (χ4v) is 2.42. The predicted molar refractivity (Wildman–Crippen MR) is 82.0 cm³/mol. The van der Waals surface area contributed by atoms with Crippen LogP contribution in [0.4, 0.5) is 0 Å². The van der Waals surface area contributed by atoms with Crippen LogP contribution in [0.3, 0.4) is 0 Å². The summed E-state index contributed by atoms with van der Waals surface area (Å²) in [5, 5.41) is 19.4. The molecule has 118 valence electrons. The molecule has 0 bridgehead atoms. The first-order valence-corrected chi connectivity index (χ1v) is 6.96. The van der Waals surface area contributed by atoms with Crippen molar-refractivity contribution in [1.82, 2.24) is 4.90 Å². The van der Waals surface area contributed by atoms with E-state index in [1.165, 1.54) is 4.90 Å². The Bertz CT molecular complexity index is 778. The zero-order valence-electron chi connectivity index (χ0n) is 12.8. The summed E-state index contributed by atoms with van der Waals surface area (Å²) in [6.45, 7) is 3.52. The Kier molecular flexibility index (Phi) is 4.51. The van der Waals surface area contributed by atoms with Gasteiger partial charge in [-0.15, -0.1) is 0 Å². The van der Waals surface area contributed by atoms with Crippen LogP contribution >= 0.6 is 0 Å². The summed E-state index contributed by atoms with van der Waals surface area (Å²) in [5.74, 6) is -0.274. The lowest BCUT2D eigenvalue weighted by Crippen LogP contribution is -2.32. The molecule has 0 saturated heterocycles. The van der Waals surface area contributed by atoms with Gasteiger partial charge in [0.2, 0.25) is 5.91 Å². The van der Waals surface area contributed by atoms with Crippen LogP contribution in [-0.2, 0) is 11.2 Å². The first-order chi connectivity index (χ1) is 10.3. The zero-order valence-corrected chi connectivity index (χ0v) is 12.8. The number of rotatable bonds is 4. The van der Waals surface area contributed by atoms with Crippen LogP contribution in [0.2, 0.25) is 0 Å². The van der Waals surface area contributed by atoms with Gasteiger partial charge in [0, 0.05) is 13.6 Å². The van der Waals surface area contributed by atoms with Crippen molar-refractivity contribution < 1.29 is 19.4 Å². The fourth-order valence-electron chi connectivity index (χ4n) is 2.42. The topological polar surface area (TPSA) is 91.0 Å². The number of aliphatic hydroxyl groups excluding tert-OH is 1. The summed E-state index contributed by atoms with van der Waals surface area (Å²) < 4.78 is 5.24. The van der Waals surface area contributed by atoms with Crippen molar-refractivity contribution in [2.45, 2.75) is 20.3 Å². The molecule has 1 heterocycles. The Morgan fingerprint density at radius 1 is 1.32 bits per heavy atom. The van der Waals surface area contributed by atoms with Crippen LogP contribution in [0, 0.1) is 13.8 Å². The molecular weight excluding hydrogens is 286 g/mol. The highest BCUT2D eigenvalue weighted by Gasteiger charge is 2.19. The van der Waals surface area contributed by atoms with E-state index in [1.54, 1.807) is 33.0 Å². The summed E-state index contributed by atoms with van der Waals surface area (Å²) in [6, 6.07) is 3.26. The molecule has 2 N–H and O–H groups in total. The summed E-state index contributed by atoms with van der Waals surface area (Å²) in [6.07, 6.45) is -0.131. The van der Waals surface area contributed by atoms with Gasteiger partial charge in [0.25, 0.3) is 0 Å². The summed E-state index contributed by atoms with van der Waals surface area (Å²) >= 11 is 0. The number of phenols is 1. The van der Waals surface area contributed by atoms with Crippen molar-refractivity contribution in [3.63, 3.8) is 0 Å². The molecular formula is C16H19NO5. The van der Waals surface area contributed by atoms with Crippen LogP contribution in [0.15, 0.2) is 21.3 Å². The lowest BCUT2D eigenvalue weighted by atomic mass is 10.0. The third-order valence-electron chi connectivity index (χ3n) is 3.69. The smallest absolute Gasteiger partial charge is 0.340 e. The minimum Gasteiger partial charge on any atom is -0.507 e. The molecule has 0 unspecified atom stereocenters. The molecule has 1 aromatic heterocycles. The second-order valence-corrected chi connectivity index (χ2v) is 5.37. The summed E-state index contributed by atoms with van der Waals surface area (Å²) in [4.78, 5) is 25.5. The molecule has 1 amide bonds. The number of benzene rings is 1. The molecule has 6 heteroatoms. The Labute approximate surface area is 127 Å². The lowest BCUT2D eigenvalue weighted by Gasteiger charge is -2.16. The van der Waals surface area contributed by atoms with E-state index in [-0.39, 0.29) is 36.8 Å². The van der Waals surface area contributed by atoms with Crippen molar-refractivity contribution in [3.05, 3.63) is 39.2 Å².